The van der Waals surface area contributed by atoms with Crippen LogP contribution in [0.25, 0.3) is 11.4 Å². The zero-order chi connectivity index (χ0) is 21.5. The third kappa shape index (κ3) is 3.48. The highest BCUT2D eigenvalue weighted by atomic mass is 16.2. The van der Waals surface area contributed by atoms with Crippen LogP contribution in [0.2, 0.25) is 0 Å². The number of hydrogen-bond donors (Lipinski definition) is 1. The van der Waals surface area contributed by atoms with Crippen molar-refractivity contribution in [2.75, 3.05) is 4.90 Å². The predicted octanol–water partition coefficient (Wildman–Crippen LogP) is 3.05. The Bertz CT molecular complexity index is 1200. The highest BCUT2D eigenvalue weighted by Gasteiger charge is 2.40. The topological polar surface area (TPSA) is 105 Å². The fraction of sp³-hybridized carbons (Fsp3) is 0.273. The van der Waals surface area contributed by atoms with Crippen LogP contribution in [-0.4, -0.2) is 38.4 Å². The van der Waals surface area contributed by atoms with Crippen LogP contribution < -0.4 is 10.2 Å². The Kier molecular flexibility index (Phi) is 4.58. The second-order valence-electron chi connectivity index (χ2n) is 8.08. The van der Waals surface area contributed by atoms with Crippen LogP contribution in [0, 0.1) is 5.92 Å². The van der Waals surface area contributed by atoms with E-state index in [-0.39, 0.29) is 5.91 Å². The van der Waals surface area contributed by atoms with E-state index in [4.69, 9.17) is 0 Å². The summed E-state index contributed by atoms with van der Waals surface area (Å²) in [6, 6.07) is 11.8. The number of nitrogens with zero attached hydrogens (tertiary/aromatic N) is 6. The highest BCUT2D eigenvalue weighted by Crippen LogP contribution is 2.36. The van der Waals surface area contributed by atoms with Crippen LogP contribution in [0.5, 0.6) is 0 Å². The van der Waals surface area contributed by atoms with E-state index in [0.717, 1.165) is 23.2 Å². The fourth-order valence-corrected chi connectivity index (χ4v) is 3.85. The van der Waals surface area contributed by atoms with Gasteiger partial charge in [-0.05, 0) is 34.4 Å². The molecule has 1 atom stereocenters. The lowest BCUT2D eigenvalue weighted by Gasteiger charge is -2.22. The van der Waals surface area contributed by atoms with Crippen molar-refractivity contribution in [1.29, 1.82) is 0 Å². The largest absolute Gasteiger partial charge is 0.329 e. The molecular weight excluding hydrogens is 394 g/mol. The van der Waals surface area contributed by atoms with Crippen LogP contribution in [0.3, 0.4) is 0 Å². The van der Waals surface area contributed by atoms with Crippen molar-refractivity contribution in [3.8, 4) is 11.4 Å². The minimum atomic E-state index is -0.755. The van der Waals surface area contributed by atoms with E-state index in [1.165, 1.54) is 4.90 Å². The maximum absolute atomic E-state index is 12.6. The molecule has 0 spiro atoms. The molecule has 1 N–H and O–H groups in total. The summed E-state index contributed by atoms with van der Waals surface area (Å²) in [5.41, 5.74) is 4.06. The van der Waals surface area contributed by atoms with E-state index in [1.54, 1.807) is 4.80 Å². The number of benzene rings is 2. The fourth-order valence-electron chi connectivity index (χ4n) is 3.85. The first-order valence-electron chi connectivity index (χ1n) is 10.2. The third-order valence-corrected chi connectivity index (χ3v) is 5.31. The van der Waals surface area contributed by atoms with Crippen LogP contribution in [0.15, 0.2) is 47.5 Å². The van der Waals surface area contributed by atoms with Crippen LogP contribution in [0.1, 0.15) is 31.0 Å². The molecule has 31 heavy (non-hydrogen) atoms. The summed E-state index contributed by atoms with van der Waals surface area (Å²) >= 11 is 0. The van der Waals surface area contributed by atoms with Gasteiger partial charge >= 0.3 is 6.03 Å². The minimum absolute atomic E-state index is 0.359. The molecule has 9 heteroatoms. The lowest BCUT2D eigenvalue weighted by Crippen LogP contribution is -2.29. The monoisotopic (exact) mass is 415 g/mol. The van der Waals surface area contributed by atoms with Gasteiger partial charge in [-0.15, -0.1) is 10.2 Å². The lowest BCUT2D eigenvalue weighted by molar-refractivity contribution is -0.119. The molecule has 0 aliphatic carbocycles. The number of tetrazole rings is 1. The molecule has 5 rings (SSSR count). The minimum Gasteiger partial charge on any atom is -0.277 e. The summed E-state index contributed by atoms with van der Waals surface area (Å²) in [5, 5.41) is 15.0. The molecule has 3 aromatic rings. The summed E-state index contributed by atoms with van der Waals surface area (Å²) in [6.07, 6.45) is 2.62. The van der Waals surface area contributed by atoms with Crippen LogP contribution >= 0.6 is 0 Å². The van der Waals surface area contributed by atoms with E-state index in [9.17, 15) is 9.59 Å². The first-order valence-corrected chi connectivity index (χ1v) is 10.2. The SMILES string of the molecule is CC(C)Cn1nnc(-c2ccc(C3C(=O)NC(=O)N3c3ccc4c(c3)N=CC4)cc2)n1. The van der Waals surface area contributed by atoms with Gasteiger partial charge in [0.05, 0.1) is 12.2 Å². The molecule has 1 saturated heterocycles. The van der Waals surface area contributed by atoms with E-state index >= 15 is 0 Å². The van der Waals surface area contributed by atoms with E-state index in [1.807, 2.05) is 48.7 Å². The van der Waals surface area contributed by atoms with Crippen molar-refractivity contribution in [2.24, 2.45) is 10.9 Å². The molecule has 2 aromatic carbocycles. The Morgan fingerprint density at radius 1 is 1.13 bits per heavy atom. The zero-order valence-corrected chi connectivity index (χ0v) is 17.2. The lowest BCUT2D eigenvalue weighted by atomic mass is 10.0. The zero-order valence-electron chi connectivity index (χ0n) is 17.2. The summed E-state index contributed by atoms with van der Waals surface area (Å²) in [4.78, 5) is 32.6. The van der Waals surface area contributed by atoms with Crippen molar-refractivity contribution in [1.82, 2.24) is 25.5 Å². The molecule has 0 saturated carbocycles. The standard InChI is InChI=1S/C22H21N7O2/c1-13(2)12-28-26-20(25-27-28)16-5-3-15(4-6-16)19-21(30)24-22(31)29(19)17-8-7-14-9-10-23-18(14)11-17/h3-8,10-11,13,19H,9,12H2,1-2H3,(H,24,30,31). The normalized spacial score (nSPS) is 17.5. The molecule has 3 heterocycles. The van der Waals surface area contributed by atoms with Gasteiger partial charge in [0, 0.05) is 23.9 Å². The quantitative estimate of drug-likeness (QED) is 0.645. The number of fused-ring (bicyclic) bond motifs is 1. The van der Waals surface area contributed by atoms with Gasteiger partial charge < -0.3 is 0 Å². The van der Waals surface area contributed by atoms with Gasteiger partial charge in [0.1, 0.15) is 6.04 Å². The Hall–Kier alpha value is -3.88. The molecule has 0 bridgehead atoms. The van der Waals surface area contributed by atoms with E-state index in [2.05, 4.69) is 39.6 Å². The Labute approximate surface area is 178 Å². The van der Waals surface area contributed by atoms with E-state index < -0.39 is 12.1 Å². The molecule has 2 aliphatic rings. The molecule has 1 unspecified atom stereocenters. The van der Waals surface area contributed by atoms with Crippen LogP contribution in [0.4, 0.5) is 16.2 Å². The van der Waals surface area contributed by atoms with Crippen molar-refractivity contribution >= 4 is 29.5 Å². The number of rotatable bonds is 5. The average Bonchev–Trinajstić information content (AvgIpc) is 3.46. The second kappa shape index (κ2) is 7.42. The number of hydrogen-bond acceptors (Lipinski definition) is 6. The Morgan fingerprint density at radius 2 is 1.94 bits per heavy atom. The van der Waals surface area contributed by atoms with Gasteiger partial charge in [-0.3, -0.25) is 20.0 Å². The number of carbonyl (C=O) groups excluding carboxylic acids is 2. The molecule has 3 amide bonds. The first-order chi connectivity index (χ1) is 15.0. The maximum Gasteiger partial charge on any atom is 0.329 e. The van der Waals surface area contributed by atoms with Gasteiger partial charge in [-0.1, -0.05) is 44.2 Å². The molecule has 1 aromatic heterocycles. The van der Waals surface area contributed by atoms with E-state index in [0.29, 0.717) is 29.5 Å². The first kappa shape index (κ1) is 19.1. The number of nitrogens with one attached hydrogen (secondary N) is 1. The summed E-state index contributed by atoms with van der Waals surface area (Å²) in [5.74, 6) is 0.578. The number of imide groups is 1. The van der Waals surface area contributed by atoms with Crippen LogP contribution in [-0.2, 0) is 17.8 Å². The van der Waals surface area contributed by atoms with Gasteiger partial charge in [0.25, 0.3) is 5.91 Å². The Morgan fingerprint density at radius 3 is 2.71 bits per heavy atom. The number of anilines is 1. The average molecular weight is 415 g/mol. The molecule has 0 radical (unpaired) electrons. The second-order valence-corrected chi connectivity index (χ2v) is 8.08. The Balaban J connectivity index is 1.44. The van der Waals surface area contributed by atoms with Gasteiger partial charge in [0.15, 0.2) is 0 Å². The number of urea groups is 1. The van der Waals surface area contributed by atoms with Crippen molar-refractivity contribution in [3.05, 3.63) is 53.6 Å². The van der Waals surface area contributed by atoms with Gasteiger partial charge in [-0.25, -0.2) is 4.79 Å². The molecule has 156 valence electrons. The number of aliphatic imine (C=N–C) groups is 1. The molecule has 2 aliphatic heterocycles. The smallest absolute Gasteiger partial charge is 0.277 e. The summed E-state index contributed by atoms with van der Waals surface area (Å²) in [6.45, 7) is 4.87. The molecule has 9 nitrogen and oxygen atoms in total. The van der Waals surface area contributed by atoms with Crippen molar-refractivity contribution < 1.29 is 9.59 Å². The highest BCUT2D eigenvalue weighted by molar-refractivity contribution is 6.14. The van der Waals surface area contributed by atoms with Crippen molar-refractivity contribution in [2.45, 2.75) is 32.9 Å². The maximum atomic E-state index is 12.6. The number of carbonyl (C=O) groups is 2. The summed E-state index contributed by atoms with van der Waals surface area (Å²) in [7, 11) is 0. The molecule has 1 fully saturated rings. The predicted molar refractivity (Wildman–Crippen MR) is 115 cm³/mol. The van der Waals surface area contributed by atoms with Gasteiger partial charge in [0.2, 0.25) is 5.82 Å². The number of amides is 3. The third-order valence-electron chi connectivity index (χ3n) is 5.31. The van der Waals surface area contributed by atoms with Crippen molar-refractivity contribution in [3.63, 3.8) is 0 Å². The molecular formula is C22H21N7O2. The van der Waals surface area contributed by atoms with Gasteiger partial charge in [-0.2, -0.15) is 4.80 Å². The summed E-state index contributed by atoms with van der Waals surface area (Å²) < 4.78 is 0. The number of aromatic nitrogens is 4.